The van der Waals surface area contributed by atoms with Crippen LogP contribution in [0.15, 0.2) is 60.7 Å². The second-order valence-corrected chi connectivity index (χ2v) is 5.31. The number of halogens is 3. The normalized spacial score (nSPS) is 14.4. The van der Waals surface area contributed by atoms with E-state index in [9.17, 15) is 13.2 Å². The topological polar surface area (TPSA) is 27.1 Å². The highest BCUT2D eigenvalue weighted by atomic mass is 19.4. The zero-order valence-electron chi connectivity index (χ0n) is 12.9. The first-order valence-electron chi connectivity index (χ1n) is 7.39. The molecule has 2 aromatic rings. The molecule has 0 bridgehead atoms. The molecule has 0 radical (unpaired) electrons. The highest BCUT2D eigenvalue weighted by Crippen LogP contribution is 2.30. The number of hydrogen-bond acceptors (Lipinski definition) is 2. The quantitative estimate of drug-likeness (QED) is 0.780. The van der Waals surface area contributed by atoms with E-state index in [0.29, 0.717) is 11.3 Å². The van der Waals surface area contributed by atoms with E-state index >= 15 is 0 Å². The molecular formula is C18H15F3N2O. The summed E-state index contributed by atoms with van der Waals surface area (Å²) in [4.78, 5) is 0. The molecule has 1 heterocycles. The lowest BCUT2D eigenvalue weighted by molar-refractivity contribution is -0.274. The summed E-state index contributed by atoms with van der Waals surface area (Å²) in [5.41, 5.74) is 2.95. The molecule has 0 aliphatic heterocycles. The number of allylic oxidation sites excluding steroid dienone is 6. The molecule has 1 aromatic heterocycles. The van der Waals surface area contributed by atoms with Gasteiger partial charge in [-0.2, -0.15) is 5.10 Å². The van der Waals surface area contributed by atoms with Crippen LogP contribution in [0.5, 0.6) is 5.75 Å². The fourth-order valence-electron chi connectivity index (χ4n) is 2.48. The Morgan fingerprint density at radius 3 is 2.79 bits per heavy atom. The van der Waals surface area contributed by atoms with E-state index in [4.69, 9.17) is 0 Å². The van der Waals surface area contributed by atoms with Crippen molar-refractivity contribution in [3.05, 3.63) is 66.4 Å². The number of hydrogen-bond donors (Lipinski definition) is 0. The molecule has 124 valence electrons. The molecule has 0 saturated heterocycles. The van der Waals surface area contributed by atoms with Crippen LogP contribution in [-0.2, 0) is 0 Å². The average molecular weight is 332 g/mol. The van der Waals surface area contributed by atoms with E-state index in [0.717, 1.165) is 17.8 Å². The summed E-state index contributed by atoms with van der Waals surface area (Å²) >= 11 is 0. The van der Waals surface area contributed by atoms with Gasteiger partial charge in [-0.25, -0.2) is 4.68 Å². The summed E-state index contributed by atoms with van der Waals surface area (Å²) in [6.45, 7) is 1.84. The minimum absolute atomic E-state index is 0.252. The Kier molecular flexibility index (Phi) is 4.29. The fourth-order valence-corrected chi connectivity index (χ4v) is 2.48. The van der Waals surface area contributed by atoms with Crippen LogP contribution < -0.4 is 4.74 Å². The lowest BCUT2D eigenvalue weighted by atomic mass is 10.1. The average Bonchev–Trinajstić information content (AvgIpc) is 2.71. The number of benzene rings is 1. The Bertz CT molecular complexity index is 829. The van der Waals surface area contributed by atoms with Gasteiger partial charge in [-0.3, -0.25) is 0 Å². The van der Waals surface area contributed by atoms with E-state index in [1.807, 2.05) is 43.4 Å². The van der Waals surface area contributed by atoms with Gasteiger partial charge in [0.05, 0.1) is 17.1 Å². The lowest BCUT2D eigenvalue weighted by Gasteiger charge is -2.11. The Labute approximate surface area is 137 Å². The van der Waals surface area contributed by atoms with Gasteiger partial charge in [0.2, 0.25) is 0 Å². The molecule has 24 heavy (non-hydrogen) atoms. The molecule has 0 unspecified atom stereocenters. The predicted molar refractivity (Wildman–Crippen MR) is 86.3 cm³/mol. The summed E-state index contributed by atoms with van der Waals surface area (Å²) in [6.07, 6.45) is 5.82. The maximum atomic E-state index is 12.4. The first-order valence-corrected chi connectivity index (χ1v) is 7.39. The Morgan fingerprint density at radius 1 is 1.17 bits per heavy atom. The molecule has 0 atom stereocenters. The second-order valence-electron chi connectivity index (χ2n) is 5.31. The van der Waals surface area contributed by atoms with Gasteiger partial charge in [-0.05, 0) is 37.6 Å². The van der Waals surface area contributed by atoms with Gasteiger partial charge in [0.15, 0.2) is 0 Å². The Morgan fingerprint density at radius 2 is 2.00 bits per heavy atom. The van der Waals surface area contributed by atoms with Gasteiger partial charge in [0.25, 0.3) is 0 Å². The molecule has 1 aliphatic rings. The summed E-state index contributed by atoms with van der Waals surface area (Å²) in [5.74, 6) is -0.252. The van der Waals surface area contributed by atoms with Gasteiger partial charge in [0.1, 0.15) is 5.75 Å². The monoisotopic (exact) mass is 332 g/mol. The molecule has 3 rings (SSSR count). The van der Waals surface area contributed by atoms with Crippen molar-refractivity contribution >= 4 is 5.70 Å². The summed E-state index contributed by atoms with van der Waals surface area (Å²) in [6, 6.07) is 7.73. The fraction of sp³-hybridized carbons (Fsp3) is 0.167. The zero-order chi connectivity index (χ0) is 17.2. The zero-order valence-corrected chi connectivity index (χ0v) is 12.9. The van der Waals surface area contributed by atoms with Crippen molar-refractivity contribution < 1.29 is 17.9 Å². The first kappa shape index (κ1) is 16.1. The predicted octanol–water partition coefficient (Wildman–Crippen LogP) is 5.11. The highest BCUT2D eigenvalue weighted by Gasteiger charge is 2.31. The van der Waals surface area contributed by atoms with Crippen molar-refractivity contribution in [2.45, 2.75) is 19.7 Å². The number of nitrogens with zero attached hydrogens (tertiary/aromatic N) is 2. The molecule has 0 N–H and O–H groups in total. The van der Waals surface area contributed by atoms with Crippen molar-refractivity contribution in [3.8, 4) is 17.0 Å². The molecule has 3 nitrogen and oxygen atoms in total. The molecule has 6 heteroatoms. The van der Waals surface area contributed by atoms with Crippen LogP contribution in [0.3, 0.4) is 0 Å². The highest BCUT2D eigenvalue weighted by molar-refractivity contribution is 5.70. The van der Waals surface area contributed by atoms with Gasteiger partial charge >= 0.3 is 6.36 Å². The van der Waals surface area contributed by atoms with E-state index < -0.39 is 6.36 Å². The molecule has 1 aliphatic carbocycles. The number of ether oxygens (including phenoxy) is 1. The van der Waals surface area contributed by atoms with Crippen molar-refractivity contribution in [2.75, 3.05) is 0 Å². The molecule has 0 amide bonds. The standard InChI is InChI=1S/C18H15F3N2O/c1-13-11-17(23(22-13)15-8-4-2-3-5-9-15)14-7-6-10-16(12-14)24-18(19,20)21/h2-4,6-12H,5H2,1H3. The van der Waals surface area contributed by atoms with Crippen molar-refractivity contribution in [2.24, 2.45) is 0 Å². The smallest absolute Gasteiger partial charge is 0.406 e. The first-order chi connectivity index (χ1) is 11.4. The molecule has 0 saturated carbocycles. The van der Waals surface area contributed by atoms with Crippen molar-refractivity contribution in [1.29, 1.82) is 0 Å². The van der Waals surface area contributed by atoms with Gasteiger partial charge in [0, 0.05) is 5.56 Å². The van der Waals surface area contributed by atoms with Crippen LogP contribution in [-0.4, -0.2) is 16.1 Å². The molecule has 0 spiro atoms. The Hall–Kier alpha value is -2.76. The third kappa shape index (κ3) is 3.76. The van der Waals surface area contributed by atoms with Gasteiger partial charge in [-0.1, -0.05) is 36.4 Å². The van der Waals surface area contributed by atoms with Gasteiger partial charge in [-0.15, -0.1) is 13.2 Å². The Balaban J connectivity index is 2.01. The van der Waals surface area contributed by atoms with E-state index in [1.54, 1.807) is 10.7 Å². The molecule has 1 aromatic carbocycles. The number of rotatable bonds is 3. The van der Waals surface area contributed by atoms with Crippen molar-refractivity contribution in [3.63, 3.8) is 0 Å². The third-order valence-corrected chi connectivity index (χ3v) is 3.42. The largest absolute Gasteiger partial charge is 0.573 e. The maximum Gasteiger partial charge on any atom is 0.573 e. The number of aryl methyl sites for hydroxylation is 1. The molecule has 0 fully saturated rings. The number of aromatic nitrogens is 2. The van der Waals surface area contributed by atoms with E-state index in [-0.39, 0.29) is 5.75 Å². The van der Waals surface area contributed by atoms with Crippen molar-refractivity contribution in [1.82, 2.24) is 9.78 Å². The number of alkyl halides is 3. The summed E-state index contributed by atoms with van der Waals surface area (Å²) in [5, 5.41) is 4.46. The summed E-state index contributed by atoms with van der Waals surface area (Å²) in [7, 11) is 0. The second kappa shape index (κ2) is 6.39. The van der Waals surface area contributed by atoms with Gasteiger partial charge < -0.3 is 4.74 Å². The summed E-state index contributed by atoms with van der Waals surface area (Å²) < 4.78 is 43.0. The lowest BCUT2D eigenvalue weighted by Crippen LogP contribution is -2.17. The minimum atomic E-state index is -4.72. The van der Waals surface area contributed by atoms with E-state index in [1.165, 1.54) is 18.2 Å². The van der Waals surface area contributed by atoms with E-state index in [2.05, 4.69) is 9.84 Å². The van der Waals surface area contributed by atoms with Crippen LogP contribution >= 0.6 is 0 Å². The third-order valence-electron chi connectivity index (χ3n) is 3.42. The van der Waals surface area contributed by atoms with Crippen LogP contribution in [0.25, 0.3) is 17.0 Å². The van der Waals surface area contributed by atoms with Crippen LogP contribution in [0, 0.1) is 6.92 Å². The van der Waals surface area contributed by atoms with Crippen LogP contribution in [0.1, 0.15) is 12.1 Å². The minimum Gasteiger partial charge on any atom is -0.406 e. The van der Waals surface area contributed by atoms with Crippen LogP contribution in [0.2, 0.25) is 0 Å². The SMILES string of the molecule is Cc1cc(-c2cccc(OC(F)(F)F)c2)n(C2=CCC=CC=C2)n1. The van der Waals surface area contributed by atoms with Crippen LogP contribution in [0.4, 0.5) is 13.2 Å². The maximum absolute atomic E-state index is 12.4. The molecular weight excluding hydrogens is 317 g/mol.